The highest BCUT2D eigenvalue weighted by molar-refractivity contribution is 5.87. The van der Waals surface area contributed by atoms with E-state index in [9.17, 15) is 18.0 Å². The van der Waals surface area contributed by atoms with Gasteiger partial charge in [-0.05, 0) is 57.2 Å². The van der Waals surface area contributed by atoms with E-state index in [1.165, 1.54) is 6.07 Å². The fourth-order valence-corrected chi connectivity index (χ4v) is 3.23. The number of hydrogen-bond acceptors (Lipinski definition) is 2. The first-order valence-corrected chi connectivity index (χ1v) is 7.62. The van der Waals surface area contributed by atoms with Crippen LogP contribution < -0.4 is 0 Å². The van der Waals surface area contributed by atoms with Crippen molar-refractivity contribution in [2.24, 2.45) is 0 Å². The van der Waals surface area contributed by atoms with Crippen molar-refractivity contribution in [2.75, 3.05) is 0 Å². The zero-order chi connectivity index (χ0) is 17.4. The summed E-state index contributed by atoms with van der Waals surface area (Å²) in [7, 11) is 0. The first-order chi connectivity index (χ1) is 10.5. The number of hydrogen-bond donors (Lipinski definition) is 0. The molecule has 5 heteroatoms. The molecule has 1 unspecified atom stereocenters. The van der Waals surface area contributed by atoms with Crippen LogP contribution in [0.3, 0.4) is 0 Å². The van der Waals surface area contributed by atoms with Gasteiger partial charge in [0.2, 0.25) is 0 Å². The van der Waals surface area contributed by atoms with Crippen LogP contribution in [0.1, 0.15) is 56.2 Å². The molecule has 2 rings (SSSR count). The number of halogens is 3. The smallest absolute Gasteiger partial charge is 0.416 e. The molecule has 1 atom stereocenters. The Hall–Kier alpha value is -1.78. The lowest BCUT2D eigenvalue weighted by molar-refractivity contribution is -0.154. The molecule has 1 aliphatic rings. The maximum Gasteiger partial charge on any atom is 0.416 e. The number of fused-ring (bicyclic) bond motifs is 1. The van der Waals surface area contributed by atoms with Gasteiger partial charge >= 0.3 is 12.1 Å². The molecule has 0 amide bonds. The zero-order valence-corrected chi connectivity index (χ0v) is 13.6. The van der Waals surface area contributed by atoms with Gasteiger partial charge in [-0.3, -0.25) is 0 Å². The van der Waals surface area contributed by atoms with Crippen LogP contribution in [0, 0.1) is 0 Å². The molecule has 0 heterocycles. The van der Waals surface area contributed by atoms with E-state index in [-0.39, 0.29) is 11.5 Å². The second kappa shape index (κ2) is 6.02. The van der Waals surface area contributed by atoms with Crippen LogP contribution in [0.15, 0.2) is 30.4 Å². The van der Waals surface area contributed by atoms with Crippen LogP contribution in [-0.4, -0.2) is 11.6 Å². The number of alkyl halides is 3. The number of esters is 1. The van der Waals surface area contributed by atoms with Crippen molar-refractivity contribution in [3.8, 4) is 0 Å². The molecule has 0 fully saturated rings. The Balaban J connectivity index is 2.43. The normalized spacial score (nSPS) is 18.3. The Bertz CT molecular complexity index is 630. The molecule has 126 valence electrons. The second-order valence-electron chi connectivity index (χ2n) is 6.59. The van der Waals surface area contributed by atoms with Crippen molar-refractivity contribution in [1.29, 1.82) is 0 Å². The van der Waals surface area contributed by atoms with Crippen LogP contribution in [0.4, 0.5) is 13.2 Å². The van der Waals surface area contributed by atoms with Gasteiger partial charge in [0.15, 0.2) is 0 Å². The topological polar surface area (TPSA) is 26.3 Å². The Kier molecular flexibility index (Phi) is 4.60. The van der Waals surface area contributed by atoms with Gasteiger partial charge in [-0.25, -0.2) is 4.79 Å². The zero-order valence-electron chi connectivity index (χ0n) is 13.6. The van der Waals surface area contributed by atoms with Gasteiger partial charge in [0.25, 0.3) is 0 Å². The Morgan fingerprint density at radius 1 is 1.30 bits per heavy atom. The van der Waals surface area contributed by atoms with Gasteiger partial charge in [-0.1, -0.05) is 18.7 Å². The van der Waals surface area contributed by atoms with E-state index >= 15 is 0 Å². The first-order valence-electron chi connectivity index (χ1n) is 7.62. The van der Waals surface area contributed by atoms with E-state index in [1.54, 1.807) is 26.8 Å². The van der Waals surface area contributed by atoms with Gasteiger partial charge < -0.3 is 4.74 Å². The van der Waals surface area contributed by atoms with E-state index in [0.29, 0.717) is 30.4 Å². The first kappa shape index (κ1) is 17.6. The largest absolute Gasteiger partial charge is 0.456 e. The standard InChI is InChI=1S/C18H21F3O2/c1-11(2)16(22)23-17(3,4)14-9-5-8-13-12(14)7-6-10-15(13)18(19,20)21/h6-7,10,14H,1,5,8-9H2,2-4H3. The number of benzene rings is 1. The molecule has 1 aliphatic carbocycles. The maximum atomic E-state index is 13.2. The molecule has 0 saturated heterocycles. The van der Waals surface area contributed by atoms with Crippen molar-refractivity contribution >= 4 is 5.97 Å². The lowest BCUT2D eigenvalue weighted by Crippen LogP contribution is -2.37. The van der Waals surface area contributed by atoms with Crippen LogP contribution in [0.25, 0.3) is 0 Å². The fourth-order valence-electron chi connectivity index (χ4n) is 3.23. The summed E-state index contributed by atoms with van der Waals surface area (Å²) in [4.78, 5) is 11.8. The van der Waals surface area contributed by atoms with E-state index in [0.717, 1.165) is 6.07 Å². The highest BCUT2D eigenvalue weighted by Crippen LogP contribution is 2.45. The molecule has 0 bridgehead atoms. The number of ether oxygens (including phenoxy) is 1. The molecule has 0 aliphatic heterocycles. The molecule has 0 N–H and O–H groups in total. The van der Waals surface area contributed by atoms with E-state index in [2.05, 4.69) is 6.58 Å². The molecular weight excluding hydrogens is 305 g/mol. The predicted octanol–water partition coefficient (Wildman–Crippen LogP) is 5.02. The van der Waals surface area contributed by atoms with Crippen LogP contribution in [0.2, 0.25) is 0 Å². The Morgan fingerprint density at radius 2 is 1.96 bits per heavy atom. The number of rotatable bonds is 3. The van der Waals surface area contributed by atoms with E-state index < -0.39 is 23.3 Å². The summed E-state index contributed by atoms with van der Waals surface area (Å²) < 4.78 is 45.2. The molecule has 1 aromatic rings. The minimum Gasteiger partial charge on any atom is -0.456 e. The summed E-state index contributed by atoms with van der Waals surface area (Å²) in [6.07, 6.45) is -2.65. The summed E-state index contributed by atoms with van der Waals surface area (Å²) in [5.74, 6) is -0.786. The third kappa shape index (κ3) is 3.59. The second-order valence-corrected chi connectivity index (χ2v) is 6.59. The minimum atomic E-state index is -4.37. The maximum absolute atomic E-state index is 13.2. The number of carbonyl (C=O) groups excluding carboxylic acids is 1. The van der Waals surface area contributed by atoms with Crippen LogP contribution >= 0.6 is 0 Å². The molecule has 2 nitrogen and oxygen atoms in total. The Morgan fingerprint density at radius 3 is 2.52 bits per heavy atom. The predicted molar refractivity (Wildman–Crippen MR) is 82.1 cm³/mol. The third-order valence-corrected chi connectivity index (χ3v) is 4.36. The summed E-state index contributed by atoms with van der Waals surface area (Å²) in [6, 6.07) is 4.26. The molecule has 0 saturated carbocycles. The van der Waals surface area contributed by atoms with Gasteiger partial charge in [0.1, 0.15) is 5.60 Å². The Labute approximate surface area is 134 Å². The van der Waals surface area contributed by atoms with Crippen molar-refractivity contribution in [3.63, 3.8) is 0 Å². The van der Waals surface area contributed by atoms with Gasteiger partial charge in [0, 0.05) is 11.5 Å². The summed E-state index contributed by atoms with van der Waals surface area (Å²) in [5, 5.41) is 0. The van der Waals surface area contributed by atoms with E-state index in [4.69, 9.17) is 4.74 Å². The summed E-state index contributed by atoms with van der Waals surface area (Å²) in [5.41, 5.74) is -0.240. The van der Waals surface area contributed by atoms with Crippen molar-refractivity contribution in [2.45, 2.75) is 57.7 Å². The van der Waals surface area contributed by atoms with Gasteiger partial charge in [-0.15, -0.1) is 0 Å². The number of carbonyl (C=O) groups is 1. The summed E-state index contributed by atoms with van der Waals surface area (Å²) in [6.45, 7) is 8.59. The van der Waals surface area contributed by atoms with Crippen molar-refractivity contribution in [3.05, 3.63) is 47.0 Å². The van der Waals surface area contributed by atoms with Crippen molar-refractivity contribution in [1.82, 2.24) is 0 Å². The average Bonchev–Trinajstić information content (AvgIpc) is 2.44. The fraction of sp³-hybridized carbons (Fsp3) is 0.500. The van der Waals surface area contributed by atoms with Crippen LogP contribution in [0.5, 0.6) is 0 Å². The monoisotopic (exact) mass is 326 g/mol. The van der Waals surface area contributed by atoms with Crippen LogP contribution in [-0.2, 0) is 22.1 Å². The molecule has 0 aromatic heterocycles. The van der Waals surface area contributed by atoms with Gasteiger partial charge in [-0.2, -0.15) is 13.2 Å². The SMILES string of the molecule is C=C(C)C(=O)OC(C)(C)C1CCCc2c1cccc2C(F)(F)F. The minimum absolute atomic E-state index is 0.267. The van der Waals surface area contributed by atoms with Gasteiger partial charge in [0.05, 0.1) is 5.56 Å². The van der Waals surface area contributed by atoms with E-state index in [1.807, 2.05) is 0 Å². The molecule has 23 heavy (non-hydrogen) atoms. The molecule has 0 radical (unpaired) electrons. The lowest BCUT2D eigenvalue weighted by atomic mass is 9.73. The van der Waals surface area contributed by atoms with Crippen molar-refractivity contribution < 1.29 is 22.7 Å². The summed E-state index contributed by atoms with van der Waals surface area (Å²) >= 11 is 0. The average molecular weight is 326 g/mol. The molecular formula is C18H21F3O2. The highest BCUT2D eigenvalue weighted by atomic mass is 19.4. The molecule has 0 spiro atoms. The molecule has 1 aromatic carbocycles. The lowest BCUT2D eigenvalue weighted by Gasteiger charge is -2.38. The quantitative estimate of drug-likeness (QED) is 0.576. The highest BCUT2D eigenvalue weighted by Gasteiger charge is 2.41. The third-order valence-electron chi connectivity index (χ3n) is 4.36.